The van der Waals surface area contributed by atoms with Crippen LogP contribution in [-0.4, -0.2) is 19.3 Å². The van der Waals surface area contributed by atoms with Crippen LogP contribution in [0.3, 0.4) is 0 Å². The van der Waals surface area contributed by atoms with Crippen LogP contribution in [0.25, 0.3) is 11.0 Å². The van der Waals surface area contributed by atoms with Gasteiger partial charge in [0.1, 0.15) is 5.82 Å². The Morgan fingerprint density at radius 3 is 2.86 bits per heavy atom. The Morgan fingerprint density at radius 1 is 1.43 bits per heavy atom. The molecule has 6 heteroatoms. The van der Waals surface area contributed by atoms with Gasteiger partial charge >= 0.3 is 0 Å². The van der Waals surface area contributed by atoms with E-state index in [1.54, 1.807) is 10.7 Å². The number of alkyl halides is 1. The molecule has 0 saturated carbocycles. The molecule has 0 bridgehead atoms. The summed E-state index contributed by atoms with van der Waals surface area (Å²) in [7, 11) is 1.88. The number of halogens is 1. The van der Waals surface area contributed by atoms with E-state index in [9.17, 15) is 0 Å². The van der Waals surface area contributed by atoms with Crippen LogP contribution in [0.2, 0.25) is 0 Å². The minimum Gasteiger partial charge on any atom is -0.322 e. The summed E-state index contributed by atoms with van der Waals surface area (Å²) in [5.74, 6) is 0.797. The molecule has 0 radical (unpaired) electrons. The molecule has 2 heterocycles. The summed E-state index contributed by atoms with van der Waals surface area (Å²) < 4.78 is 3.81. The number of aromatic nitrogens is 4. The van der Waals surface area contributed by atoms with Gasteiger partial charge in [0.05, 0.1) is 40.8 Å². The Labute approximate surface area is 127 Å². The van der Waals surface area contributed by atoms with Crippen molar-refractivity contribution in [3.63, 3.8) is 0 Å². The highest BCUT2D eigenvalue weighted by Gasteiger charge is 2.16. The third-order valence-electron chi connectivity index (χ3n) is 3.36. The fraction of sp³-hybridized carbons (Fsp3) is 0.267. The molecule has 1 atom stereocenters. The van der Waals surface area contributed by atoms with E-state index in [1.807, 2.05) is 43.1 Å². The molecule has 3 aromatic rings. The Hall–Kier alpha value is -2.32. The van der Waals surface area contributed by atoms with Gasteiger partial charge in [-0.05, 0) is 25.1 Å². The highest BCUT2D eigenvalue weighted by Crippen LogP contribution is 2.26. The highest BCUT2D eigenvalue weighted by molar-refractivity contribution is 6.20. The second-order valence-electron chi connectivity index (χ2n) is 5.01. The lowest BCUT2D eigenvalue weighted by molar-refractivity contribution is 0.738. The van der Waals surface area contributed by atoms with Crippen molar-refractivity contribution in [2.24, 2.45) is 7.05 Å². The first-order valence-corrected chi connectivity index (χ1v) is 7.04. The summed E-state index contributed by atoms with van der Waals surface area (Å²) in [4.78, 5) is 4.58. The Kier molecular flexibility index (Phi) is 3.40. The summed E-state index contributed by atoms with van der Waals surface area (Å²) >= 11 is 6.26. The predicted molar refractivity (Wildman–Crippen MR) is 81.0 cm³/mol. The van der Waals surface area contributed by atoms with Gasteiger partial charge in [0.2, 0.25) is 0 Å². The molecule has 21 heavy (non-hydrogen) atoms. The number of hydrogen-bond acceptors (Lipinski definition) is 3. The van der Waals surface area contributed by atoms with E-state index in [-0.39, 0.29) is 5.38 Å². The van der Waals surface area contributed by atoms with Gasteiger partial charge in [-0.3, -0.25) is 4.68 Å². The molecule has 2 aromatic heterocycles. The van der Waals surface area contributed by atoms with Gasteiger partial charge in [0.15, 0.2) is 0 Å². The van der Waals surface area contributed by atoms with Crippen molar-refractivity contribution in [3.05, 3.63) is 47.5 Å². The first kappa shape index (κ1) is 13.7. The SMILES string of the molecule is CC(Cl)c1nc2ccc(C#N)cc2n1Cc1cnn(C)c1. The molecule has 0 N–H and O–H groups in total. The largest absolute Gasteiger partial charge is 0.322 e. The first-order valence-electron chi connectivity index (χ1n) is 6.60. The van der Waals surface area contributed by atoms with Crippen molar-refractivity contribution in [1.29, 1.82) is 5.26 Å². The maximum absolute atomic E-state index is 9.08. The van der Waals surface area contributed by atoms with Crippen LogP contribution in [0.15, 0.2) is 30.6 Å². The van der Waals surface area contributed by atoms with Crippen molar-refractivity contribution in [1.82, 2.24) is 19.3 Å². The van der Waals surface area contributed by atoms with Crippen molar-refractivity contribution in [3.8, 4) is 6.07 Å². The first-order chi connectivity index (χ1) is 10.1. The zero-order chi connectivity index (χ0) is 15.0. The number of benzene rings is 1. The average Bonchev–Trinajstić information content (AvgIpc) is 3.03. The zero-order valence-corrected chi connectivity index (χ0v) is 12.5. The monoisotopic (exact) mass is 299 g/mol. The molecule has 0 fully saturated rings. The summed E-state index contributed by atoms with van der Waals surface area (Å²) in [6.07, 6.45) is 3.78. The minimum atomic E-state index is -0.209. The number of imidazole rings is 1. The van der Waals surface area contributed by atoms with E-state index >= 15 is 0 Å². The van der Waals surface area contributed by atoms with Crippen LogP contribution in [-0.2, 0) is 13.6 Å². The summed E-state index contributed by atoms with van der Waals surface area (Å²) in [5, 5.41) is 13.1. The Balaban J connectivity index is 2.17. The average molecular weight is 300 g/mol. The van der Waals surface area contributed by atoms with Gasteiger partial charge in [0, 0.05) is 18.8 Å². The van der Waals surface area contributed by atoms with Crippen molar-refractivity contribution < 1.29 is 0 Å². The van der Waals surface area contributed by atoms with Crippen molar-refractivity contribution in [2.45, 2.75) is 18.8 Å². The van der Waals surface area contributed by atoms with Crippen LogP contribution >= 0.6 is 11.6 Å². The van der Waals surface area contributed by atoms with Crippen LogP contribution in [0.4, 0.5) is 0 Å². The molecule has 0 aliphatic carbocycles. The number of rotatable bonds is 3. The normalized spacial score (nSPS) is 12.5. The van der Waals surface area contributed by atoms with Gasteiger partial charge in [-0.25, -0.2) is 4.98 Å². The quantitative estimate of drug-likeness (QED) is 0.699. The fourth-order valence-corrected chi connectivity index (χ4v) is 2.58. The number of aryl methyl sites for hydroxylation is 1. The maximum Gasteiger partial charge on any atom is 0.128 e. The third-order valence-corrected chi connectivity index (χ3v) is 3.56. The van der Waals surface area contributed by atoms with Gasteiger partial charge in [-0.2, -0.15) is 10.4 Å². The molecule has 0 amide bonds. The fourth-order valence-electron chi connectivity index (χ4n) is 2.42. The lowest BCUT2D eigenvalue weighted by Gasteiger charge is -2.09. The van der Waals surface area contributed by atoms with Crippen LogP contribution < -0.4 is 0 Å². The second-order valence-corrected chi connectivity index (χ2v) is 5.66. The lowest BCUT2D eigenvalue weighted by Crippen LogP contribution is -2.05. The highest BCUT2D eigenvalue weighted by atomic mass is 35.5. The maximum atomic E-state index is 9.08. The van der Waals surface area contributed by atoms with E-state index in [1.165, 1.54) is 0 Å². The Bertz CT molecular complexity index is 837. The van der Waals surface area contributed by atoms with Gasteiger partial charge in [-0.1, -0.05) is 0 Å². The van der Waals surface area contributed by atoms with Crippen molar-refractivity contribution >= 4 is 22.6 Å². The van der Waals surface area contributed by atoms with E-state index < -0.39 is 0 Å². The molecular formula is C15H14ClN5. The summed E-state index contributed by atoms with van der Waals surface area (Å²) in [6.45, 7) is 2.53. The summed E-state index contributed by atoms with van der Waals surface area (Å²) in [6, 6.07) is 7.64. The number of fused-ring (bicyclic) bond motifs is 1. The number of nitriles is 1. The van der Waals surface area contributed by atoms with Gasteiger partial charge in [0.25, 0.3) is 0 Å². The molecule has 0 saturated heterocycles. The molecule has 0 aliphatic heterocycles. The Morgan fingerprint density at radius 2 is 2.24 bits per heavy atom. The van der Waals surface area contributed by atoms with Gasteiger partial charge in [-0.15, -0.1) is 11.6 Å². The topological polar surface area (TPSA) is 59.4 Å². The van der Waals surface area contributed by atoms with E-state index in [2.05, 4.69) is 16.2 Å². The van der Waals surface area contributed by atoms with E-state index in [0.717, 1.165) is 22.4 Å². The van der Waals surface area contributed by atoms with E-state index in [0.29, 0.717) is 12.1 Å². The lowest BCUT2D eigenvalue weighted by atomic mass is 10.2. The van der Waals surface area contributed by atoms with Crippen molar-refractivity contribution in [2.75, 3.05) is 0 Å². The zero-order valence-electron chi connectivity index (χ0n) is 11.8. The molecule has 0 aliphatic rings. The molecule has 0 spiro atoms. The van der Waals surface area contributed by atoms with E-state index in [4.69, 9.17) is 16.9 Å². The standard InChI is InChI=1S/C15H14ClN5/c1-10(16)15-19-13-4-3-11(6-17)5-14(13)21(15)9-12-7-18-20(2)8-12/h3-5,7-8,10H,9H2,1-2H3. The van der Waals surface area contributed by atoms with Crippen LogP contribution in [0, 0.1) is 11.3 Å². The van der Waals surface area contributed by atoms with Crippen LogP contribution in [0.5, 0.6) is 0 Å². The number of nitrogens with zero attached hydrogens (tertiary/aromatic N) is 5. The predicted octanol–water partition coefficient (Wildman–Crippen LogP) is 2.99. The second kappa shape index (κ2) is 5.23. The summed E-state index contributed by atoms with van der Waals surface area (Å²) in [5.41, 5.74) is 3.45. The molecular weight excluding hydrogens is 286 g/mol. The molecule has 3 rings (SSSR count). The molecule has 1 unspecified atom stereocenters. The van der Waals surface area contributed by atoms with Crippen LogP contribution in [0.1, 0.15) is 29.3 Å². The number of hydrogen-bond donors (Lipinski definition) is 0. The molecule has 1 aromatic carbocycles. The third kappa shape index (κ3) is 2.50. The smallest absolute Gasteiger partial charge is 0.128 e. The van der Waals surface area contributed by atoms with Gasteiger partial charge < -0.3 is 4.57 Å². The molecule has 5 nitrogen and oxygen atoms in total. The molecule has 106 valence electrons. The minimum absolute atomic E-state index is 0.209.